The van der Waals surface area contributed by atoms with Crippen LogP contribution >= 0.6 is 0 Å². The van der Waals surface area contributed by atoms with Gasteiger partial charge in [0.25, 0.3) is 0 Å². The zero-order valence-corrected chi connectivity index (χ0v) is 9.16. The average Bonchev–Trinajstić information content (AvgIpc) is 2.13. The van der Waals surface area contributed by atoms with Crippen molar-refractivity contribution in [2.45, 2.75) is 45.2 Å². The summed E-state index contributed by atoms with van der Waals surface area (Å²) in [5.41, 5.74) is 5.55. The molecule has 0 saturated carbocycles. The van der Waals surface area contributed by atoms with Crippen molar-refractivity contribution >= 4 is 5.91 Å². The van der Waals surface area contributed by atoms with E-state index in [1.54, 1.807) is 11.9 Å². The van der Waals surface area contributed by atoms with Gasteiger partial charge in [-0.05, 0) is 20.3 Å². The molecule has 0 heterocycles. The van der Waals surface area contributed by atoms with Crippen LogP contribution in [0.4, 0.5) is 0 Å². The molecule has 0 radical (unpaired) electrons. The van der Waals surface area contributed by atoms with Crippen LogP contribution in [0.3, 0.4) is 0 Å². The van der Waals surface area contributed by atoms with Gasteiger partial charge in [-0.3, -0.25) is 4.79 Å². The first-order valence-electron chi connectivity index (χ1n) is 4.87. The van der Waals surface area contributed by atoms with Gasteiger partial charge in [-0.15, -0.1) is 0 Å². The smallest absolute Gasteiger partial charge is 0.222 e. The van der Waals surface area contributed by atoms with Gasteiger partial charge in [0.2, 0.25) is 5.91 Å². The monoisotopic (exact) mass is 197 g/mol. The Hall–Kier alpha value is -1.08. The van der Waals surface area contributed by atoms with Gasteiger partial charge >= 0.3 is 0 Å². The highest BCUT2D eigenvalue weighted by Crippen LogP contribution is 2.05. The number of nitrogens with two attached hydrogens (primary N) is 1. The van der Waals surface area contributed by atoms with Gasteiger partial charge in [0.1, 0.15) is 0 Å². The Balaban J connectivity index is 3.93. The van der Waals surface area contributed by atoms with E-state index in [9.17, 15) is 4.79 Å². The lowest BCUT2D eigenvalue weighted by atomic mass is 10.1. The summed E-state index contributed by atoms with van der Waals surface area (Å²) in [7, 11) is 1.73. The van der Waals surface area contributed by atoms with E-state index in [0.717, 1.165) is 0 Å². The van der Waals surface area contributed by atoms with E-state index in [0.29, 0.717) is 19.3 Å². The van der Waals surface area contributed by atoms with Crippen molar-refractivity contribution in [2.75, 3.05) is 7.05 Å². The molecule has 4 heteroatoms. The number of nitriles is 1. The minimum atomic E-state index is -0.0134. The molecule has 4 nitrogen and oxygen atoms in total. The molecule has 0 fully saturated rings. The van der Waals surface area contributed by atoms with Gasteiger partial charge < -0.3 is 10.6 Å². The molecule has 0 aromatic carbocycles. The fourth-order valence-electron chi connectivity index (χ4n) is 1.04. The second-order valence-corrected chi connectivity index (χ2v) is 3.73. The van der Waals surface area contributed by atoms with E-state index in [2.05, 4.69) is 0 Å². The number of rotatable bonds is 5. The third-order valence-corrected chi connectivity index (χ3v) is 2.25. The Labute approximate surface area is 85.7 Å². The van der Waals surface area contributed by atoms with E-state index >= 15 is 0 Å². The lowest BCUT2D eigenvalue weighted by molar-refractivity contribution is -0.131. The number of nitrogens with zero attached hydrogens (tertiary/aromatic N) is 2. The molecular formula is C10H19N3O. The number of amides is 1. The predicted molar refractivity (Wildman–Crippen MR) is 55.3 cm³/mol. The van der Waals surface area contributed by atoms with Crippen molar-refractivity contribution in [1.82, 2.24) is 4.90 Å². The van der Waals surface area contributed by atoms with Crippen LogP contribution in [0.15, 0.2) is 0 Å². The number of hydrogen-bond donors (Lipinski definition) is 1. The summed E-state index contributed by atoms with van der Waals surface area (Å²) < 4.78 is 0. The molecule has 0 aliphatic carbocycles. The van der Waals surface area contributed by atoms with Crippen molar-refractivity contribution in [3.05, 3.63) is 0 Å². The third-order valence-electron chi connectivity index (χ3n) is 2.25. The Morgan fingerprint density at radius 1 is 1.57 bits per heavy atom. The SMILES string of the molecule is CC(N)CCC(=O)N(C)C(C)CC#N. The molecule has 0 aliphatic heterocycles. The van der Waals surface area contributed by atoms with Crippen LogP contribution in [-0.4, -0.2) is 29.9 Å². The quantitative estimate of drug-likeness (QED) is 0.711. The van der Waals surface area contributed by atoms with Crippen molar-refractivity contribution in [3.63, 3.8) is 0 Å². The molecular weight excluding hydrogens is 178 g/mol. The van der Waals surface area contributed by atoms with Crippen molar-refractivity contribution in [3.8, 4) is 6.07 Å². The largest absolute Gasteiger partial charge is 0.342 e. The molecule has 1 amide bonds. The normalized spacial score (nSPS) is 14.2. The van der Waals surface area contributed by atoms with E-state index in [4.69, 9.17) is 11.0 Å². The van der Waals surface area contributed by atoms with Crippen LogP contribution < -0.4 is 5.73 Å². The van der Waals surface area contributed by atoms with Crippen LogP contribution in [-0.2, 0) is 4.79 Å². The highest BCUT2D eigenvalue weighted by molar-refractivity contribution is 5.76. The number of carbonyl (C=O) groups excluding carboxylic acids is 1. The summed E-state index contributed by atoms with van der Waals surface area (Å²) in [6.07, 6.45) is 1.53. The maximum atomic E-state index is 11.5. The fourth-order valence-corrected chi connectivity index (χ4v) is 1.04. The van der Waals surface area contributed by atoms with Crippen LogP contribution in [0.2, 0.25) is 0 Å². The standard InChI is InChI=1S/C10H19N3O/c1-8(12)4-5-10(14)13(3)9(2)6-7-11/h8-9H,4-6,12H2,1-3H3. The van der Waals surface area contributed by atoms with Gasteiger partial charge in [-0.2, -0.15) is 5.26 Å². The first-order valence-corrected chi connectivity index (χ1v) is 4.87. The summed E-state index contributed by atoms with van der Waals surface area (Å²) in [6, 6.07) is 2.09. The minimum Gasteiger partial charge on any atom is -0.342 e. The molecule has 0 aromatic rings. The highest BCUT2D eigenvalue weighted by Gasteiger charge is 2.15. The third kappa shape index (κ3) is 4.83. The molecule has 2 N–H and O–H groups in total. The topological polar surface area (TPSA) is 70.1 Å². The van der Waals surface area contributed by atoms with Crippen LogP contribution in [0.5, 0.6) is 0 Å². The molecule has 0 aromatic heterocycles. The second-order valence-electron chi connectivity index (χ2n) is 3.73. The zero-order valence-electron chi connectivity index (χ0n) is 9.16. The second kappa shape index (κ2) is 6.39. The Morgan fingerprint density at radius 2 is 2.14 bits per heavy atom. The summed E-state index contributed by atoms with van der Waals surface area (Å²) in [5.74, 6) is 0.0602. The maximum absolute atomic E-state index is 11.5. The maximum Gasteiger partial charge on any atom is 0.222 e. The van der Waals surface area contributed by atoms with Gasteiger partial charge in [-0.1, -0.05) is 0 Å². The predicted octanol–water partition coefficient (Wildman–Crippen LogP) is 0.874. The van der Waals surface area contributed by atoms with Gasteiger partial charge in [0.15, 0.2) is 0 Å². The lowest BCUT2D eigenvalue weighted by Gasteiger charge is -2.23. The van der Waals surface area contributed by atoms with Crippen LogP contribution in [0.1, 0.15) is 33.1 Å². The first kappa shape index (κ1) is 12.9. The van der Waals surface area contributed by atoms with Crippen molar-refractivity contribution in [1.29, 1.82) is 5.26 Å². The van der Waals surface area contributed by atoms with Crippen molar-refractivity contribution in [2.24, 2.45) is 5.73 Å². The van der Waals surface area contributed by atoms with Crippen LogP contribution in [0.25, 0.3) is 0 Å². The molecule has 2 atom stereocenters. The zero-order chi connectivity index (χ0) is 11.1. The van der Waals surface area contributed by atoms with E-state index in [-0.39, 0.29) is 18.0 Å². The molecule has 0 bridgehead atoms. The van der Waals surface area contributed by atoms with Crippen LogP contribution in [0, 0.1) is 11.3 Å². The molecule has 14 heavy (non-hydrogen) atoms. The summed E-state index contributed by atoms with van der Waals surface area (Å²) in [4.78, 5) is 13.1. The lowest BCUT2D eigenvalue weighted by Crippen LogP contribution is -2.35. The molecule has 0 saturated heterocycles. The van der Waals surface area contributed by atoms with E-state index < -0.39 is 0 Å². The minimum absolute atomic E-state index is 0.0134. The first-order chi connectivity index (χ1) is 6.49. The van der Waals surface area contributed by atoms with Crippen molar-refractivity contribution < 1.29 is 4.79 Å². The molecule has 0 spiro atoms. The number of carbonyl (C=O) groups is 1. The summed E-state index contributed by atoms with van der Waals surface area (Å²) in [5, 5.41) is 8.48. The number of hydrogen-bond acceptors (Lipinski definition) is 3. The molecule has 0 rings (SSSR count). The average molecular weight is 197 g/mol. The van der Waals surface area contributed by atoms with E-state index in [1.807, 2.05) is 19.9 Å². The van der Waals surface area contributed by atoms with Gasteiger partial charge in [0.05, 0.1) is 12.5 Å². The molecule has 80 valence electrons. The molecule has 0 aliphatic rings. The molecule has 2 unspecified atom stereocenters. The Bertz CT molecular complexity index is 220. The summed E-state index contributed by atoms with van der Waals surface area (Å²) in [6.45, 7) is 3.75. The fraction of sp³-hybridized carbons (Fsp3) is 0.800. The van der Waals surface area contributed by atoms with Gasteiger partial charge in [-0.25, -0.2) is 0 Å². The van der Waals surface area contributed by atoms with E-state index in [1.165, 1.54) is 0 Å². The van der Waals surface area contributed by atoms with Gasteiger partial charge in [0, 0.05) is 25.6 Å². The Morgan fingerprint density at radius 3 is 2.57 bits per heavy atom. The Kier molecular flexibility index (Phi) is 5.89. The highest BCUT2D eigenvalue weighted by atomic mass is 16.2. The summed E-state index contributed by atoms with van der Waals surface area (Å²) >= 11 is 0.